The van der Waals surface area contributed by atoms with Crippen LogP contribution < -0.4 is 10.2 Å². The predicted molar refractivity (Wildman–Crippen MR) is 217 cm³/mol. The molecule has 6 fully saturated rings. The van der Waals surface area contributed by atoms with Gasteiger partial charge in [-0.3, -0.25) is 9.69 Å². The van der Waals surface area contributed by atoms with Crippen molar-refractivity contribution >= 4 is 27.5 Å². The van der Waals surface area contributed by atoms with Crippen molar-refractivity contribution in [3.63, 3.8) is 0 Å². The molecule has 1 unspecified atom stereocenters. The molecule has 1 saturated carbocycles. The van der Waals surface area contributed by atoms with Crippen LogP contribution in [0.2, 0.25) is 0 Å². The monoisotopic (exact) mass is 806 g/mol. The molecule has 12 nitrogen and oxygen atoms in total. The summed E-state index contributed by atoms with van der Waals surface area (Å²) < 4.78 is 47.2. The van der Waals surface area contributed by atoms with Crippen LogP contribution in [0.3, 0.4) is 0 Å². The maximum atomic E-state index is 15.0. The molecular formula is C43H59FN6O6S. The van der Waals surface area contributed by atoms with Gasteiger partial charge in [-0.1, -0.05) is 25.1 Å². The summed E-state index contributed by atoms with van der Waals surface area (Å²) in [5.74, 6) is 0.526. The third kappa shape index (κ3) is 8.48. The Hall–Kier alpha value is -3.56. The number of nitrogens with zero attached hydrogens (tertiary/aromatic N) is 5. The van der Waals surface area contributed by atoms with Crippen LogP contribution in [-0.2, 0) is 24.8 Å². The highest BCUT2D eigenvalue weighted by molar-refractivity contribution is 7.92. The first kappa shape index (κ1) is 40.2. The minimum atomic E-state index is -3.56. The highest BCUT2D eigenvalue weighted by atomic mass is 32.2. The number of piperidine rings is 1. The lowest BCUT2D eigenvalue weighted by molar-refractivity contribution is -0.130. The number of sulfone groups is 1. The van der Waals surface area contributed by atoms with Crippen LogP contribution in [0.25, 0.3) is 0 Å². The molecule has 3 atom stereocenters. The molecule has 2 amide bonds. The van der Waals surface area contributed by atoms with Gasteiger partial charge in [0, 0.05) is 87.5 Å². The maximum Gasteiger partial charge on any atom is 0.404 e. The van der Waals surface area contributed by atoms with Gasteiger partial charge in [-0.15, -0.1) is 0 Å². The van der Waals surface area contributed by atoms with E-state index >= 15 is 0 Å². The third-order valence-corrected chi connectivity index (χ3v) is 16.1. The zero-order chi connectivity index (χ0) is 39.7. The van der Waals surface area contributed by atoms with Gasteiger partial charge in [0.15, 0.2) is 9.84 Å². The smallest absolute Gasteiger partial charge is 0.404 e. The number of carbonyl (C=O) groups excluding carboxylic acids is 1. The summed E-state index contributed by atoms with van der Waals surface area (Å²) in [4.78, 5) is 36.2. The minimum Gasteiger partial charge on any atom is -0.465 e. The highest BCUT2D eigenvalue weighted by Gasteiger charge is 2.53. The molecule has 5 heterocycles. The van der Waals surface area contributed by atoms with E-state index in [0.29, 0.717) is 42.1 Å². The number of rotatable bonds is 14. The molecule has 14 heteroatoms. The Morgan fingerprint density at radius 3 is 2.25 bits per heavy atom. The number of benzene rings is 2. The standard InChI is InChI=1S/C43H59FN6O6S/c1-31(24-47-19-21-56-22-20-47)41(51)50-28-38(29-50)57(54,55)37-11-9-36(10-12-37)49-26-32(27-49)25-46-17-13-33(14-18-46)43(30-48-15-4-16-48,34-5-2-6-35(44)23-34)39-7-3-8-40(39)45-42(52)53/h2,5-6,9-12,23,32-33,38-40,45H,1,3-4,7-8,13-22,24-30H2,(H,52,53)/t39-,40-,43?/m0/s1. The lowest BCUT2D eigenvalue weighted by atomic mass is 9.57. The molecule has 6 aliphatic rings. The molecule has 0 spiro atoms. The first-order valence-electron chi connectivity index (χ1n) is 21.1. The Morgan fingerprint density at radius 1 is 0.877 bits per heavy atom. The van der Waals surface area contributed by atoms with E-state index in [-0.39, 0.29) is 42.2 Å². The van der Waals surface area contributed by atoms with Gasteiger partial charge in [0.2, 0.25) is 0 Å². The van der Waals surface area contributed by atoms with Crippen molar-refractivity contribution < 1.29 is 32.2 Å². The summed E-state index contributed by atoms with van der Waals surface area (Å²) >= 11 is 0. The van der Waals surface area contributed by atoms with Crippen LogP contribution in [-0.4, -0.2) is 155 Å². The average molecular weight is 807 g/mol. The first-order chi connectivity index (χ1) is 27.5. The molecule has 2 aromatic carbocycles. The number of halogens is 1. The molecule has 8 rings (SSSR count). The van der Waals surface area contributed by atoms with Crippen LogP contribution in [0.1, 0.15) is 44.1 Å². The molecule has 57 heavy (non-hydrogen) atoms. The van der Waals surface area contributed by atoms with E-state index in [9.17, 15) is 27.5 Å². The largest absolute Gasteiger partial charge is 0.465 e. The molecule has 5 aliphatic heterocycles. The fourth-order valence-corrected chi connectivity index (χ4v) is 12.4. The molecule has 310 valence electrons. The first-order valence-corrected chi connectivity index (χ1v) is 22.6. The number of anilines is 1. The van der Waals surface area contributed by atoms with E-state index in [1.54, 1.807) is 23.1 Å². The van der Waals surface area contributed by atoms with E-state index in [0.717, 1.165) is 115 Å². The molecule has 0 bridgehead atoms. The summed E-state index contributed by atoms with van der Waals surface area (Å²) in [5, 5.41) is 12.0. The van der Waals surface area contributed by atoms with Gasteiger partial charge < -0.3 is 34.8 Å². The summed E-state index contributed by atoms with van der Waals surface area (Å²) in [5.41, 5.74) is 2.19. The molecule has 0 aromatic heterocycles. The number of hydrogen-bond donors (Lipinski definition) is 2. The van der Waals surface area contributed by atoms with E-state index in [1.165, 1.54) is 6.07 Å². The lowest BCUT2D eigenvalue weighted by Crippen LogP contribution is -2.60. The Labute approximate surface area is 336 Å². The molecule has 2 aromatic rings. The molecule has 2 N–H and O–H groups in total. The molecule has 1 aliphatic carbocycles. The SMILES string of the molecule is C=C(CN1CCOCC1)C(=O)N1CC(S(=O)(=O)c2ccc(N3CC(CN4CCC(C(CN5CCC5)(c5cccc(F)c5)[C@H]5CCC[C@@H]5NC(=O)O)CC4)C3)cc2)C1. The Kier molecular flexibility index (Phi) is 12.0. The van der Waals surface area contributed by atoms with Gasteiger partial charge in [0.1, 0.15) is 11.1 Å². The second kappa shape index (κ2) is 17.0. The quantitative estimate of drug-likeness (QED) is 0.272. The number of nitrogens with one attached hydrogen (secondary N) is 1. The second-order valence-corrected chi connectivity index (χ2v) is 19.7. The zero-order valence-electron chi connectivity index (χ0n) is 33.1. The number of hydrogen-bond acceptors (Lipinski definition) is 9. The fraction of sp³-hybridized carbons (Fsp3) is 0.628. The van der Waals surface area contributed by atoms with Crippen molar-refractivity contribution in [1.82, 2.24) is 24.9 Å². The number of carbonyl (C=O) groups is 2. The van der Waals surface area contributed by atoms with Crippen LogP contribution >= 0.6 is 0 Å². The summed E-state index contributed by atoms with van der Waals surface area (Å²) in [6.07, 6.45) is 4.89. The Morgan fingerprint density at radius 2 is 1.60 bits per heavy atom. The topological polar surface area (TPSA) is 126 Å². The van der Waals surface area contributed by atoms with Crippen LogP contribution in [0, 0.1) is 23.6 Å². The van der Waals surface area contributed by atoms with E-state index in [4.69, 9.17) is 4.74 Å². The van der Waals surface area contributed by atoms with Crippen molar-refractivity contribution in [3.8, 4) is 0 Å². The van der Waals surface area contributed by atoms with Crippen molar-refractivity contribution in [3.05, 3.63) is 72.1 Å². The van der Waals surface area contributed by atoms with Crippen molar-refractivity contribution in [2.75, 3.05) is 103 Å². The highest BCUT2D eigenvalue weighted by Crippen LogP contribution is 2.51. The zero-order valence-corrected chi connectivity index (χ0v) is 33.9. The van der Waals surface area contributed by atoms with Gasteiger partial charge in [-0.25, -0.2) is 17.6 Å². The number of amides is 2. The third-order valence-electron chi connectivity index (χ3n) is 14.0. The van der Waals surface area contributed by atoms with E-state index in [1.807, 2.05) is 18.2 Å². The van der Waals surface area contributed by atoms with Gasteiger partial charge >= 0.3 is 6.09 Å². The van der Waals surface area contributed by atoms with E-state index in [2.05, 4.69) is 37.6 Å². The number of carboxylic acid groups (broad SMARTS) is 1. The van der Waals surface area contributed by atoms with Crippen molar-refractivity contribution in [2.24, 2.45) is 17.8 Å². The molecule has 5 saturated heterocycles. The predicted octanol–water partition coefficient (Wildman–Crippen LogP) is 3.93. The Bertz CT molecular complexity index is 1870. The van der Waals surface area contributed by atoms with Crippen molar-refractivity contribution in [2.45, 2.75) is 60.1 Å². The van der Waals surface area contributed by atoms with Gasteiger partial charge in [0.25, 0.3) is 5.91 Å². The van der Waals surface area contributed by atoms with Gasteiger partial charge in [-0.2, -0.15) is 0 Å². The normalized spacial score (nSPS) is 25.6. The second-order valence-electron chi connectivity index (χ2n) is 17.5. The van der Waals surface area contributed by atoms with Crippen LogP contribution in [0.4, 0.5) is 14.9 Å². The maximum absolute atomic E-state index is 15.0. The van der Waals surface area contributed by atoms with Gasteiger partial charge in [0.05, 0.1) is 18.1 Å². The van der Waals surface area contributed by atoms with Crippen molar-refractivity contribution in [1.29, 1.82) is 0 Å². The number of ether oxygens (including phenoxy) is 1. The molecular weight excluding hydrogens is 748 g/mol. The lowest BCUT2D eigenvalue weighted by Gasteiger charge is -2.54. The average Bonchev–Trinajstić information content (AvgIpc) is 3.60. The number of morpholine rings is 1. The summed E-state index contributed by atoms with van der Waals surface area (Å²) in [7, 11) is -3.56. The van der Waals surface area contributed by atoms with E-state index < -0.39 is 21.2 Å². The molecule has 0 radical (unpaired) electrons. The fourth-order valence-electron chi connectivity index (χ4n) is 10.7. The Balaban J connectivity index is 0.842. The summed E-state index contributed by atoms with van der Waals surface area (Å²) in [6.45, 7) is 15.3. The van der Waals surface area contributed by atoms with Crippen LogP contribution in [0.15, 0.2) is 65.6 Å². The van der Waals surface area contributed by atoms with Gasteiger partial charge in [-0.05, 0) is 112 Å². The van der Waals surface area contributed by atoms with Crippen LogP contribution in [0.5, 0.6) is 0 Å². The summed E-state index contributed by atoms with van der Waals surface area (Å²) in [6, 6.07) is 14.2. The number of likely N-dealkylation sites (tertiary alicyclic amines) is 3. The minimum absolute atomic E-state index is 0.109.